The molecule has 1 saturated heterocycles. The van der Waals surface area contributed by atoms with E-state index in [0.29, 0.717) is 37.4 Å². The average Bonchev–Trinajstić information content (AvgIpc) is 3.45. The Morgan fingerprint density at radius 2 is 2.10 bits per heavy atom. The predicted octanol–water partition coefficient (Wildman–Crippen LogP) is 2.70. The Labute approximate surface area is 175 Å². The van der Waals surface area contributed by atoms with Gasteiger partial charge < -0.3 is 9.73 Å². The molecule has 0 spiro atoms. The number of sulfonamides is 1. The van der Waals surface area contributed by atoms with Crippen molar-refractivity contribution in [3.05, 3.63) is 59.8 Å². The molecule has 1 aliphatic rings. The van der Waals surface area contributed by atoms with Crippen LogP contribution in [0.2, 0.25) is 0 Å². The van der Waals surface area contributed by atoms with E-state index in [2.05, 4.69) is 15.5 Å². The third-order valence-corrected chi connectivity index (χ3v) is 7.15. The molecule has 2 N–H and O–H groups in total. The first-order chi connectivity index (χ1) is 14.4. The lowest BCUT2D eigenvalue weighted by Gasteiger charge is -2.30. The molecule has 0 radical (unpaired) electrons. The Morgan fingerprint density at radius 3 is 2.87 bits per heavy atom. The maximum atomic E-state index is 13.0. The van der Waals surface area contributed by atoms with Gasteiger partial charge in [-0.2, -0.15) is 9.40 Å². The van der Waals surface area contributed by atoms with Crippen LogP contribution in [0.3, 0.4) is 0 Å². The largest absolute Gasteiger partial charge is 0.442 e. The number of aromatic amines is 1. The summed E-state index contributed by atoms with van der Waals surface area (Å²) in [5.74, 6) is -0.120. The van der Waals surface area contributed by atoms with Gasteiger partial charge in [0.2, 0.25) is 11.0 Å². The maximum absolute atomic E-state index is 13.0. The summed E-state index contributed by atoms with van der Waals surface area (Å²) in [6, 6.07) is 12.6. The summed E-state index contributed by atoms with van der Waals surface area (Å²) in [4.78, 5) is 12.7. The van der Waals surface area contributed by atoms with Gasteiger partial charge in [0, 0.05) is 25.8 Å². The third kappa shape index (κ3) is 4.17. The van der Waals surface area contributed by atoms with Crippen molar-refractivity contribution in [3.63, 3.8) is 0 Å². The Kier molecular flexibility index (Phi) is 5.74. The van der Waals surface area contributed by atoms with Crippen molar-refractivity contribution in [2.75, 3.05) is 13.1 Å². The number of nitrogens with zero attached hydrogens (tertiary/aromatic N) is 2. The molecule has 30 heavy (non-hydrogen) atoms. The van der Waals surface area contributed by atoms with Gasteiger partial charge in [-0.05, 0) is 49.1 Å². The van der Waals surface area contributed by atoms with Crippen molar-refractivity contribution in [3.8, 4) is 11.5 Å². The van der Waals surface area contributed by atoms with Gasteiger partial charge in [0.15, 0.2) is 5.76 Å². The number of aryl methyl sites for hydroxylation is 1. The van der Waals surface area contributed by atoms with Gasteiger partial charge in [0.1, 0.15) is 5.69 Å². The minimum absolute atomic E-state index is 0.129. The van der Waals surface area contributed by atoms with Crippen LogP contribution in [0, 0.1) is 12.8 Å². The van der Waals surface area contributed by atoms with Crippen molar-refractivity contribution in [1.82, 2.24) is 19.8 Å². The molecular formula is C21H24N4O4S. The second-order valence-electron chi connectivity index (χ2n) is 7.44. The molecule has 1 aliphatic heterocycles. The monoisotopic (exact) mass is 428 g/mol. The summed E-state index contributed by atoms with van der Waals surface area (Å²) >= 11 is 0. The van der Waals surface area contributed by atoms with Crippen LogP contribution in [-0.4, -0.2) is 41.9 Å². The maximum Gasteiger partial charge on any atom is 0.276 e. The lowest BCUT2D eigenvalue weighted by molar-refractivity contribution is -0.126. The van der Waals surface area contributed by atoms with E-state index < -0.39 is 10.0 Å². The van der Waals surface area contributed by atoms with Gasteiger partial charge in [-0.1, -0.05) is 24.3 Å². The van der Waals surface area contributed by atoms with E-state index in [1.54, 1.807) is 18.3 Å². The van der Waals surface area contributed by atoms with Crippen molar-refractivity contribution in [1.29, 1.82) is 0 Å². The topological polar surface area (TPSA) is 108 Å². The molecule has 1 unspecified atom stereocenters. The fourth-order valence-electron chi connectivity index (χ4n) is 3.63. The van der Waals surface area contributed by atoms with E-state index in [-0.39, 0.29) is 23.5 Å². The number of carbonyl (C=O) groups excluding carboxylic acids is 1. The van der Waals surface area contributed by atoms with Crippen LogP contribution in [0.1, 0.15) is 24.0 Å². The van der Waals surface area contributed by atoms with Gasteiger partial charge in [-0.15, -0.1) is 0 Å². The van der Waals surface area contributed by atoms with Crippen molar-refractivity contribution < 1.29 is 17.6 Å². The fraction of sp³-hybridized carbons (Fsp3) is 0.333. The quantitative estimate of drug-likeness (QED) is 0.628. The number of hydrogen-bond acceptors (Lipinski definition) is 5. The molecule has 0 saturated carbocycles. The lowest BCUT2D eigenvalue weighted by atomic mass is 9.98. The number of hydrogen-bond donors (Lipinski definition) is 2. The molecule has 1 aromatic carbocycles. The predicted molar refractivity (Wildman–Crippen MR) is 111 cm³/mol. The number of H-pyrrole nitrogens is 1. The minimum atomic E-state index is -3.82. The van der Waals surface area contributed by atoms with Crippen molar-refractivity contribution >= 4 is 15.9 Å². The number of amides is 1. The molecule has 9 heteroatoms. The van der Waals surface area contributed by atoms with Gasteiger partial charge in [-0.3, -0.25) is 9.89 Å². The molecule has 158 valence electrons. The Hall–Kier alpha value is -2.91. The number of nitrogens with one attached hydrogen (secondary N) is 2. The van der Waals surface area contributed by atoms with Crippen LogP contribution in [0.25, 0.3) is 11.5 Å². The molecule has 2 aromatic heterocycles. The van der Waals surface area contributed by atoms with Crippen LogP contribution >= 0.6 is 0 Å². The molecule has 3 aromatic rings. The molecule has 3 heterocycles. The van der Waals surface area contributed by atoms with E-state index in [1.807, 2.05) is 31.2 Å². The highest BCUT2D eigenvalue weighted by molar-refractivity contribution is 7.89. The standard InChI is InChI=1S/C21H24N4O4S/c1-15-5-2-3-6-16(15)13-22-21(26)17-7-4-12-25(14-17)30(27,28)20-9-8-19(29-20)18-10-11-23-24-18/h2-3,5-6,8-11,17H,4,7,12-14H2,1H3,(H,22,26)(H,23,24). The van der Waals surface area contributed by atoms with E-state index in [4.69, 9.17) is 4.42 Å². The molecule has 1 amide bonds. The molecular weight excluding hydrogens is 404 g/mol. The van der Waals surface area contributed by atoms with E-state index in [1.165, 1.54) is 10.4 Å². The van der Waals surface area contributed by atoms with Gasteiger partial charge in [0.25, 0.3) is 10.0 Å². The summed E-state index contributed by atoms with van der Waals surface area (Å²) in [6.45, 7) is 2.93. The Balaban J connectivity index is 1.42. The second kappa shape index (κ2) is 8.45. The molecule has 1 atom stereocenters. The van der Waals surface area contributed by atoms with E-state index >= 15 is 0 Å². The Bertz CT molecular complexity index is 1120. The first kappa shape index (κ1) is 20.4. The van der Waals surface area contributed by atoms with Crippen LogP contribution in [-0.2, 0) is 21.4 Å². The summed E-state index contributed by atoms with van der Waals surface area (Å²) in [5.41, 5.74) is 2.76. The summed E-state index contributed by atoms with van der Waals surface area (Å²) in [6.07, 6.45) is 2.84. The van der Waals surface area contributed by atoms with Crippen LogP contribution in [0.15, 0.2) is 58.2 Å². The van der Waals surface area contributed by atoms with Crippen molar-refractivity contribution in [2.24, 2.45) is 5.92 Å². The minimum Gasteiger partial charge on any atom is -0.442 e. The van der Waals surface area contributed by atoms with Crippen molar-refractivity contribution in [2.45, 2.75) is 31.4 Å². The first-order valence-corrected chi connectivity index (χ1v) is 11.3. The van der Waals surface area contributed by atoms with Gasteiger partial charge >= 0.3 is 0 Å². The highest BCUT2D eigenvalue weighted by Crippen LogP contribution is 2.28. The van der Waals surface area contributed by atoms with Crippen LogP contribution < -0.4 is 5.32 Å². The summed E-state index contributed by atoms with van der Waals surface area (Å²) in [7, 11) is -3.82. The number of furan rings is 1. The lowest BCUT2D eigenvalue weighted by Crippen LogP contribution is -2.45. The fourth-order valence-corrected chi connectivity index (χ4v) is 5.07. The SMILES string of the molecule is Cc1ccccc1CNC(=O)C1CCCN(S(=O)(=O)c2ccc(-c3ccn[nH]3)o2)C1. The number of rotatable bonds is 6. The molecule has 0 bridgehead atoms. The molecule has 4 rings (SSSR count). The Morgan fingerprint density at radius 1 is 1.27 bits per heavy atom. The van der Waals surface area contributed by atoms with Crippen LogP contribution in [0.4, 0.5) is 0 Å². The summed E-state index contributed by atoms with van der Waals surface area (Å²) in [5, 5.41) is 9.41. The van der Waals surface area contributed by atoms with Gasteiger partial charge in [-0.25, -0.2) is 8.42 Å². The molecule has 8 nitrogen and oxygen atoms in total. The number of aromatic nitrogens is 2. The zero-order chi connectivity index (χ0) is 21.1. The highest BCUT2D eigenvalue weighted by Gasteiger charge is 2.35. The number of benzene rings is 1. The zero-order valence-corrected chi connectivity index (χ0v) is 17.5. The normalized spacial score (nSPS) is 17.7. The second-order valence-corrected chi connectivity index (χ2v) is 9.30. The van der Waals surface area contributed by atoms with E-state index in [9.17, 15) is 13.2 Å². The highest BCUT2D eigenvalue weighted by atomic mass is 32.2. The zero-order valence-electron chi connectivity index (χ0n) is 16.7. The smallest absolute Gasteiger partial charge is 0.276 e. The number of piperidine rings is 1. The van der Waals surface area contributed by atoms with Crippen LogP contribution in [0.5, 0.6) is 0 Å². The summed E-state index contributed by atoms with van der Waals surface area (Å²) < 4.78 is 33.0. The first-order valence-electron chi connectivity index (χ1n) is 9.87. The third-order valence-electron chi connectivity index (χ3n) is 5.41. The molecule has 0 aliphatic carbocycles. The average molecular weight is 429 g/mol. The molecule has 1 fully saturated rings. The number of carbonyl (C=O) groups is 1. The van der Waals surface area contributed by atoms with E-state index in [0.717, 1.165) is 11.1 Å². The van der Waals surface area contributed by atoms with Gasteiger partial charge in [0.05, 0.1) is 5.92 Å².